The SMILES string of the molecule is CNC(=O)NC(=O)[C@H](C)N(C)Cc1ccccc1. The summed E-state index contributed by atoms with van der Waals surface area (Å²) in [6.07, 6.45) is 0. The van der Waals surface area contributed by atoms with E-state index < -0.39 is 6.03 Å². The molecule has 0 aliphatic carbocycles. The van der Waals surface area contributed by atoms with Crippen LogP contribution < -0.4 is 10.6 Å². The highest BCUT2D eigenvalue weighted by Crippen LogP contribution is 2.05. The van der Waals surface area contributed by atoms with Crippen LogP contribution in [0.15, 0.2) is 30.3 Å². The maximum absolute atomic E-state index is 11.7. The van der Waals surface area contributed by atoms with Crippen LogP contribution in [0, 0.1) is 0 Å². The van der Waals surface area contributed by atoms with E-state index in [9.17, 15) is 9.59 Å². The highest BCUT2D eigenvalue weighted by Gasteiger charge is 2.19. The molecule has 1 atom stereocenters. The Morgan fingerprint density at radius 2 is 1.89 bits per heavy atom. The van der Waals surface area contributed by atoms with E-state index in [0.29, 0.717) is 6.54 Å². The molecule has 5 heteroatoms. The van der Waals surface area contributed by atoms with E-state index in [4.69, 9.17) is 0 Å². The predicted octanol–water partition coefficient (Wildman–Crippen LogP) is 0.962. The molecular formula is C13H19N3O2. The van der Waals surface area contributed by atoms with Crippen LogP contribution >= 0.6 is 0 Å². The van der Waals surface area contributed by atoms with Crippen LogP contribution in [0.2, 0.25) is 0 Å². The van der Waals surface area contributed by atoms with Gasteiger partial charge < -0.3 is 5.32 Å². The number of hydrogen-bond acceptors (Lipinski definition) is 3. The Hall–Kier alpha value is -1.88. The normalized spacial score (nSPS) is 12.0. The van der Waals surface area contributed by atoms with E-state index in [1.165, 1.54) is 7.05 Å². The Morgan fingerprint density at radius 3 is 2.44 bits per heavy atom. The Bertz CT molecular complexity index is 406. The largest absolute Gasteiger partial charge is 0.341 e. The van der Waals surface area contributed by atoms with Gasteiger partial charge in [0.2, 0.25) is 5.91 Å². The molecule has 0 fully saturated rings. The van der Waals surface area contributed by atoms with Crippen molar-refractivity contribution in [3.8, 4) is 0 Å². The summed E-state index contributed by atoms with van der Waals surface area (Å²) in [7, 11) is 3.32. The molecule has 3 amide bonds. The zero-order valence-corrected chi connectivity index (χ0v) is 10.9. The average Bonchev–Trinajstić information content (AvgIpc) is 2.38. The number of nitrogens with zero attached hydrogens (tertiary/aromatic N) is 1. The van der Waals surface area contributed by atoms with Crippen LogP contribution in [-0.2, 0) is 11.3 Å². The highest BCUT2D eigenvalue weighted by molar-refractivity contribution is 5.96. The lowest BCUT2D eigenvalue weighted by atomic mass is 10.2. The molecule has 1 aromatic carbocycles. The molecule has 0 saturated carbocycles. The van der Waals surface area contributed by atoms with Crippen molar-refractivity contribution in [2.75, 3.05) is 14.1 Å². The third-order valence-electron chi connectivity index (χ3n) is 2.78. The first-order valence-electron chi connectivity index (χ1n) is 5.81. The maximum Gasteiger partial charge on any atom is 0.321 e. The van der Waals surface area contributed by atoms with Crippen LogP contribution in [0.3, 0.4) is 0 Å². The summed E-state index contributed by atoms with van der Waals surface area (Å²) in [5.74, 6) is -0.312. The zero-order chi connectivity index (χ0) is 13.5. The van der Waals surface area contributed by atoms with Crippen molar-refractivity contribution in [3.63, 3.8) is 0 Å². The molecular weight excluding hydrogens is 230 g/mol. The minimum atomic E-state index is -0.486. The number of carbonyl (C=O) groups is 2. The number of urea groups is 1. The number of carbonyl (C=O) groups excluding carboxylic acids is 2. The number of amides is 3. The number of benzene rings is 1. The number of likely N-dealkylation sites (N-methyl/N-ethyl adjacent to an activating group) is 1. The second-order valence-electron chi connectivity index (χ2n) is 4.15. The van der Waals surface area contributed by atoms with Crippen LogP contribution in [0.5, 0.6) is 0 Å². The first kappa shape index (κ1) is 14.2. The van der Waals surface area contributed by atoms with Crippen molar-refractivity contribution in [1.29, 1.82) is 0 Å². The molecule has 0 spiro atoms. The molecule has 0 radical (unpaired) electrons. The van der Waals surface area contributed by atoms with Crippen molar-refractivity contribution in [3.05, 3.63) is 35.9 Å². The van der Waals surface area contributed by atoms with Crippen LogP contribution in [-0.4, -0.2) is 37.0 Å². The number of nitrogens with one attached hydrogen (secondary N) is 2. The van der Waals surface area contributed by atoms with Crippen LogP contribution in [0.25, 0.3) is 0 Å². The van der Waals surface area contributed by atoms with Gasteiger partial charge in [0, 0.05) is 13.6 Å². The molecule has 0 saturated heterocycles. The van der Waals surface area contributed by atoms with Gasteiger partial charge in [-0.3, -0.25) is 15.0 Å². The Morgan fingerprint density at radius 1 is 1.28 bits per heavy atom. The first-order valence-corrected chi connectivity index (χ1v) is 5.81. The fourth-order valence-electron chi connectivity index (χ4n) is 1.49. The fraction of sp³-hybridized carbons (Fsp3) is 0.385. The fourth-order valence-corrected chi connectivity index (χ4v) is 1.49. The number of hydrogen-bond donors (Lipinski definition) is 2. The molecule has 0 aliphatic rings. The Labute approximate surface area is 107 Å². The first-order chi connectivity index (χ1) is 8.54. The van der Waals surface area contributed by atoms with Crippen LogP contribution in [0.1, 0.15) is 12.5 Å². The van der Waals surface area contributed by atoms with Crippen molar-refractivity contribution < 1.29 is 9.59 Å². The third-order valence-corrected chi connectivity index (χ3v) is 2.78. The second-order valence-corrected chi connectivity index (χ2v) is 4.15. The van der Waals surface area contributed by atoms with Gasteiger partial charge in [0.15, 0.2) is 0 Å². The van der Waals surface area contributed by atoms with E-state index in [1.807, 2.05) is 42.3 Å². The zero-order valence-electron chi connectivity index (χ0n) is 10.9. The van der Waals surface area contributed by atoms with Gasteiger partial charge in [0.25, 0.3) is 0 Å². The maximum atomic E-state index is 11.7. The summed E-state index contributed by atoms with van der Waals surface area (Å²) in [6.45, 7) is 2.42. The van der Waals surface area contributed by atoms with Gasteiger partial charge in [-0.1, -0.05) is 30.3 Å². The van der Waals surface area contributed by atoms with Crippen molar-refractivity contribution in [2.45, 2.75) is 19.5 Å². The third kappa shape index (κ3) is 4.18. The summed E-state index contributed by atoms with van der Waals surface area (Å²) >= 11 is 0. The molecule has 0 unspecified atom stereocenters. The van der Waals surface area contributed by atoms with Gasteiger partial charge in [-0.2, -0.15) is 0 Å². The van der Waals surface area contributed by atoms with Crippen molar-refractivity contribution in [2.24, 2.45) is 0 Å². The monoisotopic (exact) mass is 249 g/mol. The van der Waals surface area contributed by atoms with Crippen molar-refractivity contribution >= 4 is 11.9 Å². The second kappa shape index (κ2) is 6.76. The number of rotatable bonds is 4. The Kier molecular flexibility index (Phi) is 5.32. The van der Waals surface area contributed by atoms with Gasteiger partial charge >= 0.3 is 6.03 Å². The summed E-state index contributed by atoms with van der Waals surface area (Å²) in [4.78, 5) is 24.7. The van der Waals surface area contributed by atoms with E-state index in [2.05, 4.69) is 10.6 Å². The minimum Gasteiger partial charge on any atom is -0.341 e. The molecule has 0 bridgehead atoms. The smallest absolute Gasteiger partial charge is 0.321 e. The predicted molar refractivity (Wildman–Crippen MR) is 70.0 cm³/mol. The molecule has 0 aliphatic heterocycles. The molecule has 98 valence electrons. The molecule has 2 N–H and O–H groups in total. The van der Waals surface area contributed by atoms with Gasteiger partial charge in [0.05, 0.1) is 6.04 Å². The quantitative estimate of drug-likeness (QED) is 0.835. The minimum absolute atomic E-state index is 0.312. The van der Waals surface area contributed by atoms with Crippen LogP contribution in [0.4, 0.5) is 4.79 Å². The summed E-state index contributed by atoms with van der Waals surface area (Å²) < 4.78 is 0. The summed E-state index contributed by atoms with van der Waals surface area (Å²) in [5, 5.41) is 4.62. The molecule has 0 aromatic heterocycles. The van der Waals surface area contributed by atoms with Gasteiger partial charge in [-0.05, 0) is 19.5 Å². The standard InChI is InChI=1S/C13H19N3O2/c1-10(12(17)15-13(18)14-2)16(3)9-11-7-5-4-6-8-11/h4-8,10H,9H2,1-3H3,(H2,14,15,17,18)/t10-/m0/s1. The summed E-state index contributed by atoms with van der Waals surface area (Å²) in [5.41, 5.74) is 1.12. The lowest BCUT2D eigenvalue weighted by molar-refractivity contribution is -0.124. The van der Waals surface area contributed by atoms with E-state index in [1.54, 1.807) is 6.92 Å². The van der Waals surface area contributed by atoms with E-state index in [0.717, 1.165) is 5.56 Å². The van der Waals surface area contributed by atoms with Gasteiger partial charge in [0.1, 0.15) is 0 Å². The highest BCUT2D eigenvalue weighted by atomic mass is 16.2. The van der Waals surface area contributed by atoms with Gasteiger partial charge in [-0.25, -0.2) is 4.79 Å². The van der Waals surface area contributed by atoms with E-state index >= 15 is 0 Å². The molecule has 1 rings (SSSR count). The average molecular weight is 249 g/mol. The lowest BCUT2D eigenvalue weighted by Crippen LogP contribution is -2.47. The topological polar surface area (TPSA) is 61.4 Å². The summed E-state index contributed by atoms with van der Waals surface area (Å²) in [6, 6.07) is 9.00. The van der Waals surface area contributed by atoms with Gasteiger partial charge in [-0.15, -0.1) is 0 Å². The molecule has 1 aromatic rings. The van der Waals surface area contributed by atoms with E-state index in [-0.39, 0.29) is 11.9 Å². The Balaban J connectivity index is 2.53. The molecule has 18 heavy (non-hydrogen) atoms. The molecule has 5 nitrogen and oxygen atoms in total. The molecule has 0 heterocycles. The number of imide groups is 1. The van der Waals surface area contributed by atoms with Crippen molar-refractivity contribution in [1.82, 2.24) is 15.5 Å². The lowest BCUT2D eigenvalue weighted by Gasteiger charge is -2.23.